The minimum atomic E-state index is -4.61. The second-order valence-electron chi connectivity index (χ2n) is 11.3. The molecule has 1 fully saturated rings. The van der Waals surface area contributed by atoms with Crippen LogP contribution in [0.2, 0.25) is 5.02 Å². The lowest BCUT2D eigenvalue weighted by atomic mass is 9.95. The molecule has 2 atom stereocenters. The Kier molecular flexibility index (Phi) is 8.59. The van der Waals surface area contributed by atoms with Crippen LogP contribution < -0.4 is 16.0 Å². The van der Waals surface area contributed by atoms with Crippen molar-refractivity contribution in [1.29, 1.82) is 0 Å². The van der Waals surface area contributed by atoms with E-state index in [0.717, 1.165) is 69.8 Å². The van der Waals surface area contributed by atoms with Crippen LogP contribution in [-0.2, 0) is 19.6 Å². The number of ether oxygens (including phenoxy) is 1. The topological polar surface area (TPSA) is 95.4 Å². The average molecular weight is 660 g/mol. The summed E-state index contributed by atoms with van der Waals surface area (Å²) in [4.78, 5) is 32.7. The van der Waals surface area contributed by atoms with Gasteiger partial charge in [0.2, 0.25) is 0 Å². The predicted octanol–water partition coefficient (Wildman–Crippen LogP) is 6.14. The molecular weight excluding hydrogens is 631 g/mol. The van der Waals surface area contributed by atoms with Crippen LogP contribution in [0.1, 0.15) is 29.3 Å². The maximum absolute atomic E-state index is 13.0. The largest absolute Gasteiger partial charge is 0.489 e. The zero-order chi connectivity index (χ0) is 31.9. The van der Waals surface area contributed by atoms with Crippen molar-refractivity contribution in [3.8, 4) is 16.9 Å². The van der Waals surface area contributed by atoms with Crippen LogP contribution in [0.3, 0.4) is 0 Å². The number of aryl methyl sites for hydroxylation is 1. The highest BCUT2D eigenvalue weighted by atomic mass is 35.5. The van der Waals surface area contributed by atoms with Gasteiger partial charge in [-0.15, -0.1) is 11.3 Å². The summed E-state index contributed by atoms with van der Waals surface area (Å²) in [7, 11) is 0. The molecule has 0 bridgehead atoms. The minimum Gasteiger partial charge on any atom is -0.489 e. The molecule has 4 aromatic heterocycles. The van der Waals surface area contributed by atoms with Crippen molar-refractivity contribution in [2.75, 3.05) is 13.1 Å². The lowest BCUT2D eigenvalue weighted by Crippen LogP contribution is -2.44. The second-order valence-corrected chi connectivity index (χ2v) is 12.9. The normalized spacial score (nSPS) is 17.6. The number of fused-ring (bicyclic) bond motifs is 1. The Hall–Kier alpha value is -3.94. The Morgan fingerprint density at radius 3 is 2.71 bits per heavy atom. The summed E-state index contributed by atoms with van der Waals surface area (Å²) in [6.45, 7) is 4.88. The lowest BCUT2D eigenvalue weighted by molar-refractivity contribution is -0.141. The van der Waals surface area contributed by atoms with E-state index >= 15 is 0 Å². The molecular formula is C31H29ClF3N5O4S. The molecule has 0 saturated carbocycles. The van der Waals surface area contributed by atoms with Crippen molar-refractivity contribution in [1.82, 2.24) is 24.2 Å². The monoisotopic (exact) mass is 659 g/mol. The van der Waals surface area contributed by atoms with Gasteiger partial charge in [-0.1, -0.05) is 23.7 Å². The first-order valence-electron chi connectivity index (χ1n) is 14.3. The molecule has 1 aromatic carbocycles. The molecule has 0 unspecified atom stereocenters. The molecule has 9 nitrogen and oxygen atoms in total. The molecule has 6 rings (SSSR count). The quantitative estimate of drug-likeness (QED) is 0.198. The van der Waals surface area contributed by atoms with Crippen molar-refractivity contribution in [2.24, 2.45) is 5.92 Å². The van der Waals surface area contributed by atoms with Crippen LogP contribution >= 0.6 is 22.9 Å². The number of pyridine rings is 1. The van der Waals surface area contributed by atoms with Crippen LogP contribution in [0.4, 0.5) is 13.2 Å². The third-order valence-corrected chi connectivity index (χ3v) is 9.23. The summed E-state index contributed by atoms with van der Waals surface area (Å²) in [5.41, 5.74) is 2.39. The third kappa shape index (κ3) is 6.85. The van der Waals surface area contributed by atoms with Gasteiger partial charge in [0.1, 0.15) is 24.7 Å². The zero-order valence-corrected chi connectivity index (χ0v) is 26.0. The van der Waals surface area contributed by atoms with Crippen molar-refractivity contribution >= 4 is 33.2 Å². The van der Waals surface area contributed by atoms with Crippen LogP contribution in [0.25, 0.3) is 21.3 Å². The second kappa shape index (κ2) is 12.5. The van der Waals surface area contributed by atoms with E-state index < -0.39 is 24.0 Å². The summed E-state index contributed by atoms with van der Waals surface area (Å²) in [6, 6.07) is 8.26. The number of aromatic nitrogens is 4. The van der Waals surface area contributed by atoms with Crippen molar-refractivity contribution in [2.45, 2.75) is 52.2 Å². The van der Waals surface area contributed by atoms with E-state index in [0.29, 0.717) is 25.7 Å². The predicted molar refractivity (Wildman–Crippen MR) is 165 cm³/mol. The number of alkyl halides is 3. The van der Waals surface area contributed by atoms with Gasteiger partial charge >= 0.3 is 11.9 Å². The van der Waals surface area contributed by atoms with E-state index in [1.165, 1.54) is 11.3 Å². The maximum Gasteiger partial charge on any atom is 0.406 e. The van der Waals surface area contributed by atoms with Crippen LogP contribution in [-0.4, -0.2) is 49.5 Å². The van der Waals surface area contributed by atoms with E-state index in [4.69, 9.17) is 20.9 Å². The molecule has 5 aromatic rings. The minimum absolute atomic E-state index is 0.0394. The fourth-order valence-electron chi connectivity index (χ4n) is 5.78. The van der Waals surface area contributed by atoms with Gasteiger partial charge in [0, 0.05) is 70.6 Å². The highest BCUT2D eigenvalue weighted by Crippen LogP contribution is 2.42. The lowest BCUT2D eigenvalue weighted by Gasteiger charge is -2.37. The van der Waals surface area contributed by atoms with Gasteiger partial charge in [-0.05, 0) is 43.2 Å². The Bertz CT molecular complexity index is 1950. The van der Waals surface area contributed by atoms with E-state index in [1.54, 1.807) is 24.7 Å². The summed E-state index contributed by atoms with van der Waals surface area (Å²) in [6.07, 6.45) is 2.08. The molecule has 45 heavy (non-hydrogen) atoms. The first kappa shape index (κ1) is 31.1. The molecule has 236 valence electrons. The van der Waals surface area contributed by atoms with Crippen LogP contribution in [0.5, 0.6) is 5.75 Å². The van der Waals surface area contributed by atoms with Gasteiger partial charge in [-0.3, -0.25) is 23.8 Å². The average Bonchev–Trinajstić information content (AvgIpc) is 3.64. The molecule has 0 amide bonds. The fraction of sp³-hybridized carbons (Fsp3) is 0.355. The highest BCUT2D eigenvalue weighted by molar-refractivity contribution is 7.19. The summed E-state index contributed by atoms with van der Waals surface area (Å²) >= 11 is 7.86. The van der Waals surface area contributed by atoms with E-state index in [2.05, 4.69) is 22.0 Å². The molecule has 0 radical (unpaired) electrons. The zero-order valence-electron chi connectivity index (χ0n) is 24.4. The van der Waals surface area contributed by atoms with Gasteiger partial charge in [0.15, 0.2) is 0 Å². The highest BCUT2D eigenvalue weighted by Gasteiger charge is 2.30. The van der Waals surface area contributed by atoms with Crippen molar-refractivity contribution < 1.29 is 22.4 Å². The van der Waals surface area contributed by atoms with Gasteiger partial charge in [-0.25, -0.2) is 4.79 Å². The SMILES string of the molecule is Cc1cc(Cl)cc(-c2ccnc3cc(Cn4c(=O)ccn(CC(F)(F)F)c4=O)sc23)c1O[C@@H]1CCN(Cc2cnoc2)C[C@@H]1C. The smallest absolute Gasteiger partial charge is 0.406 e. The number of halogens is 4. The van der Waals surface area contributed by atoms with E-state index in [1.807, 2.05) is 25.1 Å². The molecule has 0 spiro atoms. The Labute approximate surface area is 264 Å². The standard InChI is InChI=1S/C31H29ClF3N5O4S/c1-18-9-21(32)10-24(28(18)44-26-4-7-38(13-19(26)2)14-20-12-37-43-16-20)23-3-6-36-25-11-22(45-29(23)25)15-40-27(41)5-8-39(30(40)42)17-31(33,34)35/h3,5-6,8-12,16,19,26H,4,7,13-15,17H2,1-2H3/t19-,26+/m0/s1. The molecule has 5 heterocycles. The molecule has 1 aliphatic rings. The van der Waals surface area contributed by atoms with Gasteiger partial charge < -0.3 is 9.26 Å². The number of piperidine rings is 1. The Morgan fingerprint density at radius 1 is 1.16 bits per heavy atom. The van der Waals surface area contributed by atoms with Crippen molar-refractivity contribution in [3.05, 3.63) is 97.1 Å². The summed E-state index contributed by atoms with van der Waals surface area (Å²) < 4.78 is 52.7. The summed E-state index contributed by atoms with van der Waals surface area (Å²) in [5.74, 6) is 0.943. The number of hydrogen-bond donors (Lipinski definition) is 0. The number of thiophene rings is 1. The van der Waals surface area contributed by atoms with Gasteiger partial charge in [0.05, 0.1) is 23.0 Å². The Morgan fingerprint density at radius 2 is 1.98 bits per heavy atom. The van der Waals surface area contributed by atoms with Gasteiger partial charge in [0.25, 0.3) is 5.56 Å². The molecule has 1 saturated heterocycles. The fourth-order valence-corrected chi connectivity index (χ4v) is 7.18. The van der Waals surface area contributed by atoms with E-state index in [9.17, 15) is 22.8 Å². The van der Waals surface area contributed by atoms with Gasteiger partial charge in [-0.2, -0.15) is 13.2 Å². The maximum atomic E-state index is 13.0. The Balaban J connectivity index is 1.30. The number of rotatable bonds is 8. The van der Waals surface area contributed by atoms with E-state index in [-0.39, 0.29) is 18.6 Å². The van der Waals surface area contributed by atoms with Crippen LogP contribution in [0.15, 0.2) is 69.3 Å². The molecule has 0 N–H and O–H groups in total. The molecule has 1 aliphatic heterocycles. The van der Waals surface area contributed by atoms with Crippen molar-refractivity contribution in [3.63, 3.8) is 0 Å². The number of likely N-dealkylation sites (tertiary alicyclic amines) is 1. The first-order valence-corrected chi connectivity index (χ1v) is 15.5. The number of hydrogen-bond acceptors (Lipinski definition) is 8. The first-order chi connectivity index (χ1) is 21.4. The van der Waals surface area contributed by atoms with Crippen LogP contribution in [0, 0.1) is 12.8 Å². The number of nitrogens with zero attached hydrogens (tertiary/aromatic N) is 5. The molecule has 14 heteroatoms. The third-order valence-electron chi connectivity index (χ3n) is 7.87. The summed E-state index contributed by atoms with van der Waals surface area (Å²) in [5, 5.41) is 4.33. The molecule has 0 aliphatic carbocycles. The number of benzene rings is 1.